The van der Waals surface area contributed by atoms with E-state index in [4.69, 9.17) is 4.74 Å². The SMILES string of the molecule is COC(=O)C1=C(C)Nc2nnnn2[C@H]1c1ccccc1Br. The first-order chi connectivity index (χ1) is 10.1. The molecule has 1 aromatic heterocycles. The van der Waals surface area contributed by atoms with E-state index < -0.39 is 12.0 Å². The summed E-state index contributed by atoms with van der Waals surface area (Å²) < 4.78 is 7.35. The highest BCUT2D eigenvalue weighted by molar-refractivity contribution is 9.10. The zero-order valence-corrected chi connectivity index (χ0v) is 13.0. The van der Waals surface area contributed by atoms with E-state index in [1.807, 2.05) is 24.3 Å². The van der Waals surface area contributed by atoms with E-state index in [0.29, 0.717) is 17.2 Å². The lowest BCUT2D eigenvalue weighted by molar-refractivity contribution is -0.136. The second kappa shape index (κ2) is 5.28. The highest BCUT2D eigenvalue weighted by atomic mass is 79.9. The molecule has 0 radical (unpaired) electrons. The molecule has 0 spiro atoms. The second-order valence-electron chi connectivity index (χ2n) is 4.53. The van der Waals surface area contributed by atoms with Crippen molar-refractivity contribution in [1.82, 2.24) is 20.2 Å². The molecule has 8 heteroatoms. The van der Waals surface area contributed by atoms with Crippen LogP contribution in [0.5, 0.6) is 0 Å². The molecule has 1 atom stereocenters. The fourth-order valence-corrected chi connectivity index (χ4v) is 2.87. The van der Waals surface area contributed by atoms with Crippen LogP contribution >= 0.6 is 15.9 Å². The number of carbonyl (C=O) groups excluding carboxylic acids is 1. The Hall–Kier alpha value is -2.22. The van der Waals surface area contributed by atoms with Gasteiger partial charge in [-0.25, -0.2) is 4.79 Å². The van der Waals surface area contributed by atoms with Gasteiger partial charge < -0.3 is 10.1 Å². The third-order valence-electron chi connectivity index (χ3n) is 3.32. The molecule has 21 heavy (non-hydrogen) atoms. The summed E-state index contributed by atoms with van der Waals surface area (Å²) in [5, 5.41) is 14.6. The highest BCUT2D eigenvalue weighted by Gasteiger charge is 2.35. The Labute approximate surface area is 129 Å². The summed E-state index contributed by atoms with van der Waals surface area (Å²) in [6.45, 7) is 1.80. The first-order valence-electron chi connectivity index (χ1n) is 6.22. The predicted molar refractivity (Wildman–Crippen MR) is 78.4 cm³/mol. The number of benzene rings is 1. The van der Waals surface area contributed by atoms with Gasteiger partial charge in [0.05, 0.1) is 12.7 Å². The molecule has 0 saturated carbocycles. The van der Waals surface area contributed by atoms with Crippen LogP contribution in [-0.4, -0.2) is 33.3 Å². The molecule has 0 amide bonds. The molecule has 1 aliphatic rings. The minimum absolute atomic E-state index is 0.415. The van der Waals surface area contributed by atoms with Gasteiger partial charge in [-0.3, -0.25) is 0 Å². The molecule has 0 unspecified atom stereocenters. The van der Waals surface area contributed by atoms with E-state index >= 15 is 0 Å². The lowest BCUT2D eigenvalue weighted by Gasteiger charge is -2.27. The number of anilines is 1. The number of methoxy groups -OCH3 is 1. The molecule has 1 N–H and O–H groups in total. The number of nitrogens with one attached hydrogen (secondary N) is 1. The second-order valence-corrected chi connectivity index (χ2v) is 5.38. The fraction of sp³-hybridized carbons (Fsp3) is 0.231. The fourth-order valence-electron chi connectivity index (χ4n) is 2.37. The lowest BCUT2D eigenvalue weighted by atomic mass is 9.96. The molecule has 2 aromatic rings. The molecule has 0 aliphatic carbocycles. The Morgan fingerprint density at radius 1 is 1.43 bits per heavy atom. The number of nitrogens with zero attached hydrogens (tertiary/aromatic N) is 4. The van der Waals surface area contributed by atoms with Crippen LogP contribution in [0, 0.1) is 0 Å². The van der Waals surface area contributed by atoms with Gasteiger partial charge in [0.25, 0.3) is 0 Å². The van der Waals surface area contributed by atoms with Gasteiger partial charge in [-0.05, 0) is 29.0 Å². The van der Waals surface area contributed by atoms with Crippen LogP contribution in [0.3, 0.4) is 0 Å². The van der Waals surface area contributed by atoms with Gasteiger partial charge in [0.15, 0.2) is 0 Å². The van der Waals surface area contributed by atoms with Crippen molar-refractivity contribution >= 4 is 27.8 Å². The minimum atomic E-state index is -0.445. The normalized spacial score (nSPS) is 17.2. The summed E-state index contributed by atoms with van der Waals surface area (Å²) in [5.74, 6) is 0.0720. The van der Waals surface area contributed by atoms with Gasteiger partial charge >= 0.3 is 5.97 Å². The summed E-state index contributed by atoms with van der Waals surface area (Å²) in [6, 6.07) is 7.19. The van der Waals surface area contributed by atoms with Gasteiger partial charge in [0, 0.05) is 10.2 Å². The monoisotopic (exact) mass is 349 g/mol. The number of halogens is 1. The van der Waals surface area contributed by atoms with Crippen LogP contribution < -0.4 is 5.32 Å². The molecule has 1 aliphatic heterocycles. The topological polar surface area (TPSA) is 81.9 Å². The number of aromatic nitrogens is 4. The van der Waals surface area contributed by atoms with Gasteiger partial charge in [-0.15, -0.1) is 0 Å². The van der Waals surface area contributed by atoms with Gasteiger partial charge in [0.2, 0.25) is 5.95 Å². The number of carbonyl (C=O) groups is 1. The zero-order chi connectivity index (χ0) is 15.0. The standard InChI is InChI=1S/C13H12BrN5O2/c1-7-10(12(20)21-2)11(8-5-3-4-6-9(8)14)19-13(15-7)16-17-18-19/h3-6,11H,1-2H3,(H,15,16,18)/t11-/m0/s1. The first kappa shape index (κ1) is 13.7. The number of tetrazole rings is 1. The third kappa shape index (κ3) is 2.21. The largest absolute Gasteiger partial charge is 0.466 e. The van der Waals surface area contributed by atoms with Crippen LogP contribution in [-0.2, 0) is 9.53 Å². The average molecular weight is 350 g/mol. The predicted octanol–water partition coefficient (Wildman–Crippen LogP) is 1.90. The number of esters is 1. The molecule has 0 saturated heterocycles. The molecule has 2 heterocycles. The van der Waals surface area contributed by atoms with Crippen molar-refractivity contribution in [1.29, 1.82) is 0 Å². The van der Waals surface area contributed by atoms with Crippen molar-refractivity contribution in [2.24, 2.45) is 0 Å². The molecule has 3 rings (SSSR count). The number of hydrogen-bond acceptors (Lipinski definition) is 6. The quantitative estimate of drug-likeness (QED) is 0.833. The number of rotatable bonds is 2. The molecule has 108 valence electrons. The van der Waals surface area contributed by atoms with E-state index in [9.17, 15) is 4.79 Å². The first-order valence-corrected chi connectivity index (χ1v) is 7.01. The Kier molecular flexibility index (Phi) is 3.46. The van der Waals surface area contributed by atoms with Crippen LogP contribution in [0.4, 0.5) is 5.95 Å². The summed E-state index contributed by atoms with van der Waals surface area (Å²) in [6.07, 6.45) is 0. The van der Waals surface area contributed by atoms with E-state index in [-0.39, 0.29) is 0 Å². The van der Waals surface area contributed by atoms with Crippen LogP contribution in [0.15, 0.2) is 40.0 Å². The summed E-state index contributed by atoms with van der Waals surface area (Å²) in [5.41, 5.74) is 2.03. The maximum Gasteiger partial charge on any atom is 0.338 e. The summed E-state index contributed by atoms with van der Waals surface area (Å²) >= 11 is 3.51. The van der Waals surface area contributed by atoms with Crippen molar-refractivity contribution < 1.29 is 9.53 Å². The Morgan fingerprint density at radius 3 is 2.90 bits per heavy atom. The van der Waals surface area contributed by atoms with Crippen LogP contribution in [0.25, 0.3) is 0 Å². The van der Waals surface area contributed by atoms with Crippen molar-refractivity contribution in [2.75, 3.05) is 12.4 Å². The van der Waals surface area contributed by atoms with E-state index in [2.05, 4.69) is 36.8 Å². The molecular weight excluding hydrogens is 338 g/mol. The lowest BCUT2D eigenvalue weighted by Crippen LogP contribution is -2.29. The van der Waals surface area contributed by atoms with Crippen molar-refractivity contribution in [3.63, 3.8) is 0 Å². The summed E-state index contributed by atoms with van der Waals surface area (Å²) in [7, 11) is 1.36. The van der Waals surface area contributed by atoms with Gasteiger partial charge in [-0.2, -0.15) is 4.68 Å². The maximum atomic E-state index is 12.2. The van der Waals surface area contributed by atoms with Gasteiger partial charge in [0.1, 0.15) is 6.04 Å². The Bertz CT molecular complexity index is 740. The van der Waals surface area contributed by atoms with Gasteiger partial charge in [-0.1, -0.05) is 39.2 Å². The van der Waals surface area contributed by atoms with E-state index in [1.165, 1.54) is 7.11 Å². The summed E-state index contributed by atoms with van der Waals surface area (Å²) in [4.78, 5) is 12.2. The molecule has 1 aromatic carbocycles. The highest BCUT2D eigenvalue weighted by Crippen LogP contribution is 2.37. The van der Waals surface area contributed by atoms with Crippen LogP contribution in [0.2, 0.25) is 0 Å². The average Bonchev–Trinajstić information content (AvgIpc) is 2.93. The molecular formula is C13H12BrN5O2. The minimum Gasteiger partial charge on any atom is -0.466 e. The molecule has 0 bridgehead atoms. The maximum absolute atomic E-state index is 12.2. The molecule has 0 fully saturated rings. The van der Waals surface area contributed by atoms with E-state index in [0.717, 1.165) is 10.0 Å². The van der Waals surface area contributed by atoms with E-state index in [1.54, 1.807) is 11.6 Å². The third-order valence-corrected chi connectivity index (χ3v) is 4.04. The van der Waals surface area contributed by atoms with Crippen molar-refractivity contribution in [3.05, 3.63) is 45.6 Å². The zero-order valence-electron chi connectivity index (χ0n) is 11.4. The number of hydrogen-bond donors (Lipinski definition) is 1. The number of allylic oxidation sites excluding steroid dienone is 1. The number of ether oxygens (including phenoxy) is 1. The van der Waals surface area contributed by atoms with Crippen LogP contribution in [0.1, 0.15) is 18.5 Å². The Balaban J connectivity index is 2.23. The molecule has 7 nitrogen and oxygen atoms in total. The number of fused-ring (bicyclic) bond motifs is 1. The van der Waals surface area contributed by atoms with Crippen molar-refractivity contribution in [2.45, 2.75) is 13.0 Å². The smallest absolute Gasteiger partial charge is 0.338 e. The van der Waals surface area contributed by atoms with Crippen molar-refractivity contribution in [3.8, 4) is 0 Å². The Morgan fingerprint density at radius 2 is 2.19 bits per heavy atom.